The molecule has 0 atom stereocenters. The average Bonchev–Trinajstić information content (AvgIpc) is 2.69. The van der Waals surface area contributed by atoms with Crippen LogP contribution in [0.2, 0.25) is 0 Å². The minimum atomic E-state index is -0.552. The molecule has 1 amide bonds. The van der Waals surface area contributed by atoms with Crippen LogP contribution in [0.3, 0.4) is 0 Å². The van der Waals surface area contributed by atoms with Crippen LogP contribution in [0.4, 0.5) is 10.5 Å². The number of ether oxygens (including phenoxy) is 2. The second kappa shape index (κ2) is 4.75. The van der Waals surface area contributed by atoms with Crippen molar-refractivity contribution in [1.82, 2.24) is 14.6 Å². The predicted molar refractivity (Wildman–Crippen MR) is 69.4 cm³/mol. The molecule has 19 heavy (non-hydrogen) atoms. The minimum absolute atomic E-state index is 0.483. The van der Waals surface area contributed by atoms with E-state index in [1.807, 2.05) is 0 Å². The maximum absolute atomic E-state index is 11.7. The van der Waals surface area contributed by atoms with Gasteiger partial charge in [0, 0.05) is 0 Å². The van der Waals surface area contributed by atoms with E-state index in [4.69, 9.17) is 9.47 Å². The highest BCUT2D eigenvalue weighted by atomic mass is 16.6. The van der Waals surface area contributed by atoms with Gasteiger partial charge in [-0.2, -0.15) is 5.10 Å². The highest BCUT2D eigenvalue weighted by molar-refractivity contribution is 5.89. The molecule has 0 aliphatic heterocycles. The summed E-state index contributed by atoms with van der Waals surface area (Å²) in [4.78, 5) is 15.8. The van der Waals surface area contributed by atoms with Crippen LogP contribution < -0.4 is 10.1 Å². The number of methoxy groups -OCH3 is 1. The zero-order valence-corrected chi connectivity index (χ0v) is 11.3. The van der Waals surface area contributed by atoms with Gasteiger partial charge in [-0.15, -0.1) is 0 Å². The van der Waals surface area contributed by atoms with Crippen molar-refractivity contribution in [3.63, 3.8) is 0 Å². The molecule has 0 aliphatic rings. The molecule has 7 heteroatoms. The van der Waals surface area contributed by atoms with Gasteiger partial charge in [0.15, 0.2) is 11.4 Å². The summed E-state index contributed by atoms with van der Waals surface area (Å²) in [5.74, 6) is 0.583. The van der Waals surface area contributed by atoms with Crippen molar-refractivity contribution in [3.05, 3.63) is 18.6 Å². The van der Waals surface area contributed by atoms with Gasteiger partial charge in [-0.1, -0.05) is 0 Å². The Morgan fingerprint density at radius 3 is 2.74 bits per heavy atom. The van der Waals surface area contributed by atoms with Crippen molar-refractivity contribution in [2.75, 3.05) is 12.4 Å². The quantitative estimate of drug-likeness (QED) is 0.898. The maximum atomic E-state index is 11.7. The molecule has 0 fully saturated rings. The van der Waals surface area contributed by atoms with E-state index < -0.39 is 11.7 Å². The highest BCUT2D eigenvalue weighted by Crippen LogP contribution is 2.18. The lowest BCUT2D eigenvalue weighted by molar-refractivity contribution is 0.0636. The lowest BCUT2D eigenvalue weighted by Gasteiger charge is -2.19. The third kappa shape index (κ3) is 3.12. The van der Waals surface area contributed by atoms with Crippen LogP contribution in [0.1, 0.15) is 20.8 Å². The Balaban J connectivity index is 2.20. The van der Waals surface area contributed by atoms with E-state index in [0.29, 0.717) is 17.1 Å². The summed E-state index contributed by atoms with van der Waals surface area (Å²) in [6.07, 6.45) is 4.19. The monoisotopic (exact) mass is 264 g/mol. The maximum Gasteiger partial charge on any atom is 0.412 e. The first kappa shape index (κ1) is 13.1. The molecule has 1 N–H and O–H groups in total. The molecular weight excluding hydrogens is 248 g/mol. The van der Waals surface area contributed by atoms with Crippen LogP contribution in [-0.2, 0) is 4.74 Å². The number of hydrogen-bond acceptors (Lipinski definition) is 5. The van der Waals surface area contributed by atoms with Gasteiger partial charge in [-0.05, 0) is 20.8 Å². The third-order valence-electron chi connectivity index (χ3n) is 2.20. The molecule has 2 heterocycles. The first-order valence-corrected chi connectivity index (χ1v) is 5.76. The van der Waals surface area contributed by atoms with Gasteiger partial charge >= 0.3 is 6.09 Å². The molecule has 0 aromatic carbocycles. The van der Waals surface area contributed by atoms with E-state index in [1.165, 1.54) is 10.7 Å². The van der Waals surface area contributed by atoms with E-state index in [1.54, 1.807) is 40.3 Å². The summed E-state index contributed by atoms with van der Waals surface area (Å²) >= 11 is 0. The van der Waals surface area contributed by atoms with Gasteiger partial charge in [0.1, 0.15) is 11.3 Å². The molecule has 102 valence electrons. The van der Waals surface area contributed by atoms with E-state index >= 15 is 0 Å². The molecule has 2 rings (SSSR count). The summed E-state index contributed by atoms with van der Waals surface area (Å²) in [6, 6.07) is 0. The van der Waals surface area contributed by atoms with Crippen molar-refractivity contribution >= 4 is 17.4 Å². The van der Waals surface area contributed by atoms with Gasteiger partial charge in [0.25, 0.3) is 0 Å². The number of nitrogens with zero attached hydrogens (tertiary/aromatic N) is 3. The highest BCUT2D eigenvalue weighted by Gasteiger charge is 2.18. The van der Waals surface area contributed by atoms with Gasteiger partial charge < -0.3 is 9.47 Å². The zero-order chi connectivity index (χ0) is 14.0. The van der Waals surface area contributed by atoms with Crippen molar-refractivity contribution in [1.29, 1.82) is 0 Å². The van der Waals surface area contributed by atoms with Crippen LogP contribution >= 0.6 is 0 Å². The fourth-order valence-corrected chi connectivity index (χ4v) is 1.46. The Kier molecular flexibility index (Phi) is 3.28. The molecule has 0 saturated heterocycles. The number of nitrogens with one attached hydrogen (secondary N) is 1. The number of amides is 1. The molecule has 2 aromatic rings. The summed E-state index contributed by atoms with van der Waals surface area (Å²) in [5.41, 5.74) is 0.451. The Labute approximate surface area is 110 Å². The fourth-order valence-electron chi connectivity index (χ4n) is 1.46. The number of anilines is 1. The zero-order valence-electron chi connectivity index (χ0n) is 11.3. The topological polar surface area (TPSA) is 77.8 Å². The van der Waals surface area contributed by atoms with Crippen LogP contribution in [0.5, 0.6) is 5.75 Å². The Morgan fingerprint density at radius 2 is 2.11 bits per heavy atom. The normalized spacial score (nSPS) is 11.4. The van der Waals surface area contributed by atoms with Crippen molar-refractivity contribution in [3.8, 4) is 5.75 Å². The molecule has 0 radical (unpaired) electrons. The smallest absolute Gasteiger partial charge is 0.412 e. The van der Waals surface area contributed by atoms with Crippen LogP contribution in [0.25, 0.3) is 5.65 Å². The van der Waals surface area contributed by atoms with Gasteiger partial charge in [-0.25, -0.2) is 14.3 Å². The Bertz CT molecular complexity index is 601. The number of rotatable bonds is 2. The third-order valence-corrected chi connectivity index (χ3v) is 2.20. The van der Waals surface area contributed by atoms with E-state index in [-0.39, 0.29) is 0 Å². The first-order valence-electron chi connectivity index (χ1n) is 5.76. The standard InChI is InChI=1S/C12H16N4O3/c1-12(2,3)19-11(17)15-9-6-14-16-7-8(18-4)5-13-10(9)16/h5-7H,1-4H3,(H,15,17). The van der Waals surface area contributed by atoms with Gasteiger partial charge in [0.05, 0.1) is 25.7 Å². The van der Waals surface area contributed by atoms with Gasteiger partial charge in [0.2, 0.25) is 0 Å². The van der Waals surface area contributed by atoms with Crippen molar-refractivity contribution in [2.45, 2.75) is 26.4 Å². The van der Waals surface area contributed by atoms with Gasteiger partial charge in [-0.3, -0.25) is 5.32 Å². The molecule has 0 unspecified atom stereocenters. The summed E-state index contributed by atoms with van der Waals surface area (Å²) in [5, 5.41) is 6.69. The van der Waals surface area contributed by atoms with Crippen LogP contribution in [0.15, 0.2) is 18.6 Å². The van der Waals surface area contributed by atoms with E-state index in [9.17, 15) is 4.79 Å². The molecule has 2 aromatic heterocycles. The lowest BCUT2D eigenvalue weighted by Crippen LogP contribution is -2.27. The molecule has 7 nitrogen and oxygen atoms in total. The molecule has 0 aliphatic carbocycles. The second-order valence-corrected chi connectivity index (χ2v) is 4.95. The summed E-state index contributed by atoms with van der Waals surface area (Å²) in [6.45, 7) is 5.39. The minimum Gasteiger partial charge on any atom is -0.494 e. The summed E-state index contributed by atoms with van der Waals surface area (Å²) < 4.78 is 11.7. The van der Waals surface area contributed by atoms with Crippen LogP contribution in [0, 0.1) is 0 Å². The largest absolute Gasteiger partial charge is 0.494 e. The number of carbonyl (C=O) groups is 1. The molecular formula is C12H16N4O3. The number of hydrogen-bond donors (Lipinski definition) is 1. The van der Waals surface area contributed by atoms with E-state index in [2.05, 4.69) is 15.4 Å². The summed E-state index contributed by atoms with van der Waals surface area (Å²) in [7, 11) is 1.55. The van der Waals surface area contributed by atoms with Crippen molar-refractivity contribution in [2.24, 2.45) is 0 Å². The number of aromatic nitrogens is 3. The molecule has 0 bridgehead atoms. The fraction of sp³-hybridized carbons (Fsp3) is 0.417. The Morgan fingerprint density at radius 1 is 1.37 bits per heavy atom. The Hall–Kier alpha value is -2.31. The first-order chi connectivity index (χ1) is 8.89. The van der Waals surface area contributed by atoms with Crippen LogP contribution in [-0.4, -0.2) is 33.4 Å². The molecule has 0 saturated carbocycles. The molecule has 0 spiro atoms. The SMILES string of the molecule is COc1cnc2c(NC(=O)OC(C)(C)C)cnn2c1. The average molecular weight is 264 g/mol. The predicted octanol–water partition coefficient (Wildman–Crippen LogP) is 2.08. The number of fused-ring (bicyclic) bond motifs is 1. The second-order valence-electron chi connectivity index (χ2n) is 4.95. The van der Waals surface area contributed by atoms with Crippen molar-refractivity contribution < 1.29 is 14.3 Å². The number of carbonyl (C=O) groups excluding carboxylic acids is 1. The lowest BCUT2D eigenvalue weighted by atomic mass is 10.2. The van der Waals surface area contributed by atoms with E-state index in [0.717, 1.165) is 0 Å².